The zero-order valence-electron chi connectivity index (χ0n) is 10.7. The second-order valence-electron chi connectivity index (χ2n) is 4.85. The smallest absolute Gasteiger partial charge is 0.259 e. The van der Waals surface area contributed by atoms with Crippen molar-refractivity contribution in [1.29, 1.82) is 0 Å². The summed E-state index contributed by atoms with van der Waals surface area (Å²) in [7, 11) is 0. The predicted octanol–water partition coefficient (Wildman–Crippen LogP) is 4.01. The van der Waals surface area contributed by atoms with E-state index in [1.807, 2.05) is 37.3 Å². The van der Waals surface area contributed by atoms with Gasteiger partial charge in [-0.3, -0.25) is 4.79 Å². The topological polar surface area (TPSA) is 20.3 Å². The molecule has 0 spiro atoms. The Morgan fingerprint density at radius 3 is 2.58 bits per heavy atom. The molecule has 1 amide bonds. The van der Waals surface area contributed by atoms with Crippen LogP contribution in [0.15, 0.2) is 30.3 Å². The molecule has 5 heteroatoms. The molecule has 0 saturated carbocycles. The lowest BCUT2D eigenvalue weighted by Gasteiger charge is -2.42. The van der Waals surface area contributed by atoms with E-state index < -0.39 is 4.33 Å². The Morgan fingerprint density at radius 1 is 1.37 bits per heavy atom. The summed E-state index contributed by atoms with van der Waals surface area (Å²) < 4.78 is -1.41. The Labute approximate surface area is 128 Å². The van der Waals surface area contributed by atoms with E-state index in [9.17, 15) is 4.79 Å². The predicted molar refractivity (Wildman–Crippen MR) is 79.8 cm³/mol. The minimum atomic E-state index is -1.41. The number of likely N-dealkylation sites (tertiary alicyclic amines) is 1. The Morgan fingerprint density at radius 2 is 2.00 bits per heavy atom. The van der Waals surface area contributed by atoms with E-state index >= 15 is 0 Å². The van der Waals surface area contributed by atoms with Crippen LogP contribution in [-0.4, -0.2) is 27.6 Å². The number of carbonyl (C=O) groups excluding carboxylic acids is 1. The highest BCUT2D eigenvalue weighted by atomic mass is 35.5. The van der Waals surface area contributed by atoms with Crippen molar-refractivity contribution < 1.29 is 4.79 Å². The third kappa shape index (κ3) is 2.86. The number of rotatable bonds is 3. The lowest BCUT2D eigenvalue weighted by atomic mass is 9.94. The number of hydrogen-bond acceptors (Lipinski definition) is 1. The highest BCUT2D eigenvalue weighted by Gasteiger charge is 2.48. The first-order valence-electron chi connectivity index (χ1n) is 6.28. The Kier molecular flexibility index (Phi) is 4.65. The van der Waals surface area contributed by atoms with Crippen LogP contribution in [0.25, 0.3) is 0 Å². The van der Waals surface area contributed by atoms with Crippen LogP contribution in [0.4, 0.5) is 0 Å². The third-order valence-electron chi connectivity index (χ3n) is 3.71. The molecule has 2 nitrogen and oxygen atoms in total. The van der Waals surface area contributed by atoms with Gasteiger partial charge in [0.25, 0.3) is 5.91 Å². The van der Waals surface area contributed by atoms with E-state index in [-0.39, 0.29) is 17.9 Å². The molecular formula is C14H16Cl3NO. The van der Waals surface area contributed by atoms with Gasteiger partial charge in [0.05, 0.1) is 6.04 Å². The molecule has 2 atom stereocenters. The van der Waals surface area contributed by atoms with Crippen LogP contribution >= 0.6 is 34.8 Å². The minimum Gasteiger partial charge on any atom is -0.333 e. The van der Waals surface area contributed by atoms with Gasteiger partial charge in [-0.05, 0) is 18.9 Å². The monoisotopic (exact) mass is 319 g/mol. The molecule has 19 heavy (non-hydrogen) atoms. The molecule has 2 unspecified atom stereocenters. The first-order chi connectivity index (χ1) is 8.98. The standard InChI is InChI=1S/C14H16Cl3NO/c1-10(11-5-3-2-4-6-11)18-8-7-12(9-15)14(16,17)13(18)19/h2-6,10,12H,7-9H2,1H3. The van der Waals surface area contributed by atoms with Crippen molar-refractivity contribution >= 4 is 40.7 Å². The summed E-state index contributed by atoms with van der Waals surface area (Å²) in [5.41, 5.74) is 1.07. The van der Waals surface area contributed by atoms with Crippen LogP contribution in [-0.2, 0) is 4.79 Å². The molecule has 104 valence electrons. The van der Waals surface area contributed by atoms with Gasteiger partial charge >= 0.3 is 0 Å². The van der Waals surface area contributed by atoms with E-state index in [1.165, 1.54) is 0 Å². The first-order valence-corrected chi connectivity index (χ1v) is 7.57. The molecule has 0 aromatic heterocycles. The Hall–Kier alpha value is -0.440. The number of hydrogen-bond donors (Lipinski definition) is 0. The summed E-state index contributed by atoms with van der Waals surface area (Å²) in [4.78, 5) is 14.2. The van der Waals surface area contributed by atoms with Gasteiger partial charge < -0.3 is 4.90 Å². The molecule has 1 aliphatic rings. The van der Waals surface area contributed by atoms with Gasteiger partial charge in [0.15, 0.2) is 4.33 Å². The van der Waals surface area contributed by atoms with E-state index in [0.717, 1.165) is 12.0 Å². The van der Waals surface area contributed by atoms with Crippen LogP contribution in [0.2, 0.25) is 0 Å². The summed E-state index contributed by atoms with van der Waals surface area (Å²) in [5, 5.41) is 0. The lowest BCUT2D eigenvalue weighted by molar-refractivity contribution is -0.138. The molecule has 1 heterocycles. The van der Waals surface area contributed by atoms with Crippen LogP contribution in [0.3, 0.4) is 0 Å². The molecular weight excluding hydrogens is 305 g/mol. The van der Waals surface area contributed by atoms with Gasteiger partial charge in [0, 0.05) is 18.3 Å². The number of carbonyl (C=O) groups is 1. The number of halogens is 3. The fourth-order valence-electron chi connectivity index (χ4n) is 2.40. The molecule has 1 aromatic rings. The second-order valence-corrected chi connectivity index (χ2v) is 6.54. The average molecular weight is 321 g/mol. The maximum Gasteiger partial charge on any atom is 0.259 e. The van der Waals surface area contributed by atoms with E-state index in [1.54, 1.807) is 4.90 Å². The zero-order chi connectivity index (χ0) is 14.0. The van der Waals surface area contributed by atoms with Crippen molar-refractivity contribution in [2.75, 3.05) is 12.4 Å². The van der Waals surface area contributed by atoms with Gasteiger partial charge in [0.2, 0.25) is 0 Å². The normalized spacial score (nSPS) is 24.3. The maximum absolute atomic E-state index is 12.4. The zero-order valence-corrected chi connectivity index (χ0v) is 12.9. The van der Waals surface area contributed by atoms with Crippen molar-refractivity contribution in [1.82, 2.24) is 4.90 Å². The summed E-state index contributed by atoms with van der Waals surface area (Å²) in [6.45, 7) is 2.62. The molecule has 0 aliphatic carbocycles. The average Bonchev–Trinajstić information content (AvgIpc) is 2.42. The summed E-state index contributed by atoms with van der Waals surface area (Å²) >= 11 is 18.2. The molecule has 1 fully saturated rings. The van der Waals surface area contributed by atoms with Crippen molar-refractivity contribution in [2.24, 2.45) is 5.92 Å². The van der Waals surface area contributed by atoms with Crippen molar-refractivity contribution in [3.63, 3.8) is 0 Å². The van der Waals surface area contributed by atoms with E-state index in [4.69, 9.17) is 34.8 Å². The molecule has 2 rings (SSSR count). The number of alkyl halides is 3. The minimum absolute atomic E-state index is 0.0400. The molecule has 0 radical (unpaired) electrons. The van der Waals surface area contributed by atoms with Gasteiger partial charge in [-0.25, -0.2) is 0 Å². The van der Waals surface area contributed by atoms with Crippen LogP contribution in [0, 0.1) is 5.92 Å². The molecule has 1 saturated heterocycles. The second kappa shape index (κ2) is 5.90. The van der Waals surface area contributed by atoms with Crippen LogP contribution in [0.5, 0.6) is 0 Å². The van der Waals surface area contributed by atoms with Crippen LogP contribution < -0.4 is 0 Å². The summed E-state index contributed by atoms with van der Waals surface area (Å²) in [6, 6.07) is 9.81. The largest absolute Gasteiger partial charge is 0.333 e. The van der Waals surface area contributed by atoms with E-state index in [2.05, 4.69) is 0 Å². The fraction of sp³-hybridized carbons (Fsp3) is 0.500. The summed E-state index contributed by atoms with van der Waals surface area (Å²) in [5.74, 6) is -0.139. The van der Waals surface area contributed by atoms with Gasteiger partial charge in [0.1, 0.15) is 0 Å². The number of piperidine rings is 1. The van der Waals surface area contributed by atoms with Gasteiger partial charge in [-0.2, -0.15) is 0 Å². The van der Waals surface area contributed by atoms with Crippen molar-refractivity contribution in [3.8, 4) is 0 Å². The Bertz CT molecular complexity index is 449. The quantitative estimate of drug-likeness (QED) is 0.771. The highest BCUT2D eigenvalue weighted by Crippen LogP contribution is 2.41. The molecule has 0 bridgehead atoms. The lowest BCUT2D eigenvalue weighted by Crippen LogP contribution is -2.53. The Balaban J connectivity index is 2.21. The van der Waals surface area contributed by atoms with Gasteiger partial charge in [-0.15, -0.1) is 11.6 Å². The highest BCUT2D eigenvalue weighted by molar-refractivity contribution is 6.58. The van der Waals surface area contributed by atoms with Crippen molar-refractivity contribution in [3.05, 3.63) is 35.9 Å². The molecule has 0 N–H and O–H groups in total. The summed E-state index contributed by atoms with van der Waals surface area (Å²) in [6.07, 6.45) is 0.722. The number of nitrogens with zero attached hydrogens (tertiary/aromatic N) is 1. The number of amides is 1. The maximum atomic E-state index is 12.4. The molecule has 1 aliphatic heterocycles. The van der Waals surface area contributed by atoms with Crippen LogP contribution in [0.1, 0.15) is 24.9 Å². The van der Waals surface area contributed by atoms with Gasteiger partial charge in [-0.1, -0.05) is 53.5 Å². The van der Waals surface area contributed by atoms with Crippen molar-refractivity contribution in [2.45, 2.75) is 23.7 Å². The van der Waals surface area contributed by atoms with E-state index in [0.29, 0.717) is 12.4 Å². The molecule has 1 aromatic carbocycles. The number of benzene rings is 1. The fourth-order valence-corrected chi connectivity index (χ4v) is 3.53. The third-order valence-corrected chi connectivity index (χ3v) is 5.03. The SMILES string of the molecule is CC(c1ccccc1)N1CCC(CCl)C(Cl)(Cl)C1=O. The first kappa shape index (κ1) is 15.0.